The van der Waals surface area contributed by atoms with Crippen LogP contribution in [0, 0.1) is 0 Å². The van der Waals surface area contributed by atoms with E-state index in [-0.39, 0.29) is 24.1 Å². The molecule has 2 aliphatic rings. The Labute approximate surface area is 143 Å². The SMILES string of the molecule is Nc1nc2c(c(N3CCN(C(=O)c4cnon4)C[C@H](O)C3)n1)CCC2. The van der Waals surface area contributed by atoms with Crippen LogP contribution in [0.15, 0.2) is 10.8 Å². The lowest BCUT2D eigenvalue weighted by Crippen LogP contribution is -2.37. The predicted octanol–water partition coefficient (Wildman–Crippen LogP) is -0.746. The normalized spacial score (nSPS) is 20.4. The lowest BCUT2D eigenvalue weighted by atomic mass is 10.2. The highest BCUT2D eigenvalue weighted by molar-refractivity contribution is 5.91. The summed E-state index contributed by atoms with van der Waals surface area (Å²) in [4.78, 5) is 24.7. The number of amides is 1. The smallest absolute Gasteiger partial charge is 0.277 e. The summed E-state index contributed by atoms with van der Waals surface area (Å²) < 4.78 is 4.49. The van der Waals surface area contributed by atoms with Crippen LogP contribution in [0.5, 0.6) is 0 Å². The standard InChI is InChI=1S/C15H19N7O3/c16-15-18-11-3-1-2-10(11)13(19-15)21-4-5-22(8-9(23)7-21)14(24)12-6-17-25-20-12/h6,9,23H,1-5,7-8H2,(H2,16,18,19)/t9-/m1/s1. The van der Waals surface area contributed by atoms with Gasteiger partial charge < -0.3 is 20.6 Å². The fraction of sp³-hybridized carbons (Fsp3) is 0.533. The highest BCUT2D eigenvalue weighted by Crippen LogP contribution is 2.30. The molecule has 3 heterocycles. The third-order valence-electron chi connectivity index (χ3n) is 4.60. The first-order valence-corrected chi connectivity index (χ1v) is 8.27. The number of nitrogens with two attached hydrogens (primary N) is 1. The number of aryl methyl sites for hydroxylation is 1. The molecule has 25 heavy (non-hydrogen) atoms. The Bertz CT molecular complexity index is 780. The second-order valence-electron chi connectivity index (χ2n) is 6.33. The third-order valence-corrected chi connectivity index (χ3v) is 4.60. The van der Waals surface area contributed by atoms with E-state index in [1.165, 1.54) is 6.20 Å². The lowest BCUT2D eigenvalue weighted by molar-refractivity contribution is 0.0663. The minimum atomic E-state index is -0.709. The number of carbonyl (C=O) groups is 1. The van der Waals surface area contributed by atoms with Crippen LogP contribution in [0.4, 0.5) is 11.8 Å². The van der Waals surface area contributed by atoms with E-state index < -0.39 is 6.10 Å². The number of fused-ring (bicyclic) bond motifs is 1. The molecule has 0 bridgehead atoms. The Morgan fingerprint density at radius 2 is 2.16 bits per heavy atom. The maximum Gasteiger partial charge on any atom is 0.277 e. The quantitative estimate of drug-likeness (QED) is 0.721. The van der Waals surface area contributed by atoms with Crippen LogP contribution in [-0.4, -0.2) is 68.5 Å². The molecule has 132 valence electrons. The number of β-amino-alcohol motifs (C(OH)–C–C–N with tert-alkyl or cyclic N) is 1. The van der Waals surface area contributed by atoms with E-state index in [0.29, 0.717) is 19.6 Å². The van der Waals surface area contributed by atoms with Gasteiger partial charge in [-0.2, -0.15) is 4.98 Å². The zero-order valence-corrected chi connectivity index (χ0v) is 13.6. The molecule has 0 unspecified atom stereocenters. The number of hydrogen-bond acceptors (Lipinski definition) is 9. The number of anilines is 2. The van der Waals surface area contributed by atoms with Gasteiger partial charge in [0.25, 0.3) is 5.91 Å². The molecule has 0 saturated carbocycles. The molecule has 10 nitrogen and oxygen atoms in total. The molecule has 0 aromatic carbocycles. The van der Waals surface area contributed by atoms with E-state index in [9.17, 15) is 9.90 Å². The summed E-state index contributed by atoms with van der Waals surface area (Å²) in [6.07, 6.45) is 3.40. The molecule has 2 aromatic rings. The molecule has 3 N–H and O–H groups in total. The average molecular weight is 345 g/mol. The maximum atomic E-state index is 12.4. The molecular weight excluding hydrogens is 326 g/mol. The van der Waals surface area contributed by atoms with Crippen molar-refractivity contribution < 1.29 is 14.5 Å². The van der Waals surface area contributed by atoms with Gasteiger partial charge in [0.1, 0.15) is 12.0 Å². The summed E-state index contributed by atoms with van der Waals surface area (Å²) in [5.74, 6) is 0.710. The van der Waals surface area contributed by atoms with Crippen molar-refractivity contribution >= 4 is 17.7 Å². The molecule has 2 aromatic heterocycles. The van der Waals surface area contributed by atoms with Crippen molar-refractivity contribution in [3.8, 4) is 0 Å². The molecule has 1 fully saturated rings. The van der Waals surface area contributed by atoms with E-state index in [4.69, 9.17) is 5.73 Å². The van der Waals surface area contributed by atoms with Crippen molar-refractivity contribution in [2.24, 2.45) is 0 Å². The summed E-state index contributed by atoms with van der Waals surface area (Å²) >= 11 is 0. The van der Waals surface area contributed by atoms with Gasteiger partial charge in [-0.25, -0.2) is 9.61 Å². The number of aromatic nitrogens is 4. The van der Waals surface area contributed by atoms with Crippen molar-refractivity contribution in [3.63, 3.8) is 0 Å². The van der Waals surface area contributed by atoms with Crippen LogP contribution in [0.2, 0.25) is 0 Å². The van der Waals surface area contributed by atoms with Gasteiger partial charge in [0.2, 0.25) is 5.95 Å². The van der Waals surface area contributed by atoms with Crippen LogP contribution in [0.25, 0.3) is 0 Å². The Morgan fingerprint density at radius 1 is 1.28 bits per heavy atom. The topological polar surface area (TPSA) is 134 Å². The van der Waals surface area contributed by atoms with Crippen LogP contribution < -0.4 is 10.6 Å². The highest BCUT2D eigenvalue weighted by atomic mass is 16.6. The lowest BCUT2D eigenvalue weighted by Gasteiger charge is -2.25. The van der Waals surface area contributed by atoms with Gasteiger partial charge >= 0.3 is 0 Å². The van der Waals surface area contributed by atoms with Gasteiger partial charge in [-0.1, -0.05) is 5.16 Å². The number of nitrogen functional groups attached to an aromatic ring is 1. The number of aliphatic hydroxyl groups is 1. The molecule has 4 rings (SSSR count). The van der Waals surface area contributed by atoms with Crippen molar-refractivity contribution in [2.75, 3.05) is 36.8 Å². The molecule has 0 spiro atoms. The highest BCUT2D eigenvalue weighted by Gasteiger charge is 2.30. The summed E-state index contributed by atoms with van der Waals surface area (Å²) in [5.41, 5.74) is 8.07. The van der Waals surface area contributed by atoms with E-state index in [1.807, 2.05) is 4.90 Å². The van der Waals surface area contributed by atoms with Gasteiger partial charge in [0.05, 0.1) is 11.8 Å². The summed E-state index contributed by atoms with van der Waals surface area (Å²) in [7, 11) is 0. The maximum absolute atomic E-state index is 12.4. The van der Waals surface area contributed by atoms with Crippen LogP contribution in [0.3, 0.4) is 0 Å². The van der Waals surface area contributed by atoms with Crippen molar-refractivity contribution in [2.45, 2.75) is 25.4 Å². The fourth-order valence-electron chi connectivity index (χ4n) is 3.48. The first kappa shape index (κ1) is 15.8. The molecule has 1 atom stereocenters. The largest absolute Gasteiger partial charge is 0.389 e. The monoisotopic (exact) mass is 345 g/mol. The molecular formula is C15H19N7O3. The minimum absolute atomic E-state index is 0.132. The number of hydrogen-bond donors (Lipinski definition) is 2. The second-order valence-corrected chi connectivity index (χ2v) is 6.33. The number of aliphatic hydroxyl groups excluding tert-OH is 1. The Morgan fingerprint density at radius 3 is 2.96 bits per heavy atom. The van der Waals surface area contributed by atoms with E-state index in [0.717, 1.165) is 36.3 Å². The van der Waals surface area contributed by atoms with Gasteiger partial charge in [0.15, 0.2) is 5.69 Å². The Balaban J connectivity index is 1.57. The molecule has 1 aliphatic carbocycles. The zero-order valence-electron chi connectivity index (χ0n) is 13.6. The molecule has 1 amide bonds. The van der Waals surface area contributed by atoms with Gasteiger partial charge in [-0.15, -0.1) is 0 Å². The van der Waals surface area contributed by atoms with Crippen LogP contribution in [-0.2, 0) is 12.8 Å². The first-order chi connectivity index (χ1) is 12.1. The third kappa shape index (κ3) is 3.00. The minimum Gasteiger partial charge on any atom is -0.389 e. The van der Waals surface area contributed by atoms with E-state index in [2.05, 4.69) is 24.9 Å². The van der Waals surface area contributed by atoms with Crippen molar-refractivity contribution in [1.29, 1.82) is 0 Å². The molecule has 0 radical (unpaired) electrons. The van der Waals surface area contributed by atoms with E-state index in [1.54, 1.807) is 4.90 Å². The number of carbonyl (C=O) groups excluding carboxylic acids is 1. The fourth-order valence-corrected chi connectivity index (χ4v) is 3.48. The summed E-state index contributed by atoms with van der Waals surface area (Å²) in [6, 6.07) is 0. The summed E-state index contributed by atoms with van der Waals surface area (Å²) in [5, 5.41) is 17.4. The van der Waals surface area contributed by atoms with Gasteiger partial charge in [-0.3, -0.25) is 4.79 Å². The van der Waals surface area contributed by atoms with Crippen molar-refractivity contribution in [1.82, 2.24) is 25.2 Å². The Kier molecular flexibility index (Phi) is 3.96. The zero-order chi connectivity index (χ0) is 17.4. The molecule has 10 heteroatoms. The van der Waals surface area contributed by atoms with Gasteiger partial charge in [-0.05, 0) is 24.4 Å². The average Bonchev–Trinajstić information content (AvgIpc) is 3.23. The molecule has 1 aliphatic heterocycles. The predicted molar refractivity (Wildman–Crippen MR) is 86.9 cm³/mol. The number of rotatable bonds is 2. The van der Waals surface area contributed by atoms with Crippen molar-refractivity contribution in [3.05, 3.63) is 23.1 Å². The first-order valence-electron chi connectivity index (χ1n) is 8.27. The Hall–Kier alpha value is -2.75. The van der Waals surface area contributed by atoms with Crippen LogP contribution >= 0.6 is 0 Å². The number of nitrogens with zero attached hydrogens (tertiary/aromatic N) is 6. The van der Waals surface area contributed by atoms with E-state index >= 15 is 0 Å². The van der Waals surface area contributed by atoms with Crippen LogP contribution in [0.1, 0.15) is 28.2 Å². The summed E-state index contributed by atoms with van der Waals surface area (Å²) in [6.45, 7) is 1.56. The van der Waals surface area contributed by atoms with Gasteiger partial charge in [0, 0.05) is 31.7 Å². The molecule has 1 saturated heterocycles. The second kappa shape index (κ2) is 6.28.